The van der Waals surface area contributed by atoms with Crippen molar-refractivity contribution in [2.45, 2.75) is 51.8 Å². The number of hydrogen-bond donors (Lipinski definition) is 5. The molecule has 0 aromatic heterocycles. The molecule has 2 atom stereocenters. The predicted octanol–water partition coefficient (Wildman–Crippen LogP) is -0.141. The normalized spacial score (nSPS) is 12.7. The molecule has 0 fully saturated rings. The summed E-state index contributed by atoms with van der Waals surface area (Å²) >= 11 is 0. The van der Waals surface area contributed by atoms with E-state index < -0.39 is 47.5 Å². The number of ether oxygens (including phenoxy) is 1. The number of amides is 4. The van der Waals surface area contributed by atoms with E-state index in [-0.39, 0.29) is 6.42 Å². The molecule has 0 saturated carbocycles. The Hall–Kier alpha value is -3.63. The summed E-state index contributed by atoms with van der Waals surface area (Å²) in [7, 11) is 0. The van der Waals surface area contributed by atoms with Crippen molar-refractivity contribution in [2.24, 2.45) is 0 Å². The second kappa shape index (κ2) is 10.8. The highest BCUT2D eigenvalue weighted by atomic mass is 16.6. The topological polar surface area (TPSA) is 163 Å². The summed E-state index contributed by atoms with van der Waals surface area (Å²) in [6, 6.07) is 6.28. The number of alkyl carbamates (subject to hydrolysis) is 1. The van der Waals surface area contributed by atoms with Crippen molar-refractivity contribution in [1.29, 1.82) is 0 Å². The molecular formula is C19H26N4O7. The number of nitrogens with one attached hydrogen (secondary N) is 4. The lowest BCUT2D eigenvalue weighted by Gasteiger charge is -2.22. The van der Waals surface area contributed by atoms with E-state index in [1.807, 2.05) is 0 Å². The summed E-state index contributed by atoms with van der Waals surface area (Å²) in [5.74, 6) is -4.71. The molecule has 4 amide bonds. The van der Waals surface area contributed by atoms with Gasteiger partial charge in [-0.15, -0.1) is 0 Å². The molecule has 0 heterocycles. The Balaban J connectivity index is 2.69. The van der Waals surface area contributed by atoms with Crippen molar-refractivity contribution in [2.75, 3.05) is 0 Å². The Labute approximate surface area is 173 Å². The van der Waals surface area contributed by atoms with Gasteiger partial charge in [-0.05, 0) is 33.3 Å². The molecular weight excluding hydrogens is 396 g/mol. The lowest BCUT2D eigenvalue weighted by molar-refractivity contribution is -0.151. The van der Waals surface area contributed by atoms with Crippen LogP contribution >= 0.6 is 0 Å². The van der Waals surface area contributed by atoms with Gasteiger partial charge in [0.25, 0.3) is 11.8 Å². The van der Waals surface area contributed by atoms with Crippen LogP contribution in [0.4, 0.5) is 4.79 Å². The Morgan fingerprint density at radius 1 is 0.967 bits per heavy atom. The third-order valence-corrected chi connectivity index (χ3v) is 3.53. The van der Waals surface area contributed by atoms with E-state index in [0.717, 1.165) is 0 Å². The predicted molar refractivity (Wildman–Crippen MR) is 105 cm³/mol. The standard InChI is InChI=1S/C19H26N4O7/c1-11(20-18(29)30-19(2,3)4)14(24)22-23-15(25)13(21-16(26)17(27)28)10-12-8-6-5-7-9-12/h5-9,11,13H,10H2,1-4H3,(H,20,29)(H,21,26)(H,22,24)(H,23,25)(H,27,28)/t11?,13-/m0/s1. The molecule has 11 nitrogen and oxygen atoms in total. The van der Waals surface area contributed by atoms with Crippen molar-refractivity contribution < 1.29 is 33.8 Å². The molecule has 164 valence electrons. The zero-order chi connectivity index (χ0) is 22.9. The molecule has 1 unspecified atom stereocenters. The molecule has 0 radical (unpaired) electrons. The van der Waals surface area contributed by atoms with Crippen LogP contribution in [-0.4, -0.2) is 52.6 Å². The maximum absolute atomic E-state index is 12.4. The van der Waals surface area contributed by atoms with Crippen molar-refractivity contribution in [3.8, 4) is 0 Å². The van der Waals surface area contributed by atoms with Gasteiger partial charge in [0.15, 0.2) is 0 Å². The fraction of sp³-hybridized carbons (Fsp3) is 0.421. The largest absolute Gasteiger partial charge is 0.474 e. The Bertz CT molecular complexity index is 790. The molecule has 0 saturated heterocycles. The van der Waals surface area contributed by atoms with E-state index in [0.29, 0.717) is 5.56 Å². The number of aliphatic carboxylic acids is 1. The minimum Gasteiger partial charge on any atom is -0.474 e. The third-order valence-electron chi connectivity index (χ3n) is 3.53. The highest BCUT2D eigenvalue weighted by Crippen LogP contribution is 2.07. The zero-order valence-corrected chi connectivity index (χ0v) is 17.1. The summed E-state index contributed by atoms with van der Waals surface area (Å²) in [5, 5.41) is 13.2. The van der Waals surface area contributed by atoms with Gasteiger partial charge in [-0.2, -0.15) is 0 Å². The summed E-state index contributed by atoms with van der Waals surface area (Å²) < 4.78 is 5.03. The zero-order valence-electron chi connectivity index (χ0n) is 17.1. The Morgan fingerprint density at radius 3 is 2.07 bits per heavy atom. The summed E-state index contributed by atoms with van der Waals surface area (Å²) in [6.45, 7) is 6.36. The highest BCUT2D eigenvalue weighted by molar-refractivity contribution is 6.32. The van der Waals surface area contributed by atoms with E-state index >= 15 is 0 Å². The SMILES string of the molecule is CC(NC(=O)OC(C)(C)C)C(=O)NNC(=O)[C@H](Cc1ccccc1)NC(=O)C(=O)O. The maximum atomic E-state index is 12.4. The smallest absolute Gasteiger partial charge is 0.408 e. The maximum Gasteiger partial charge on any atom is 0.408 e. The van der Waals surface area contributed by atoms with Crippen LogP contribution in [0.5, 0.6) is 0 Å². The Morgan fingerprint density at radius 2 is 1.53 bits per heavy atom. The van der Waals surface area contributed by atoms with Crippen LogP contribution in [0.15, 0.2) is 30.3 Å². The van der Waals surface area contributed by atoms with E-state index in [1.54, 1.807) is 51.1 Å². The number of hydrogen-bond acceptors (Lipinski definition) is 6. The van der Waals surface area contributed by atoms with Crippen LogP contribution in [0, 0.1) is 0 Å². The number of carbonyl (C=O) groups is 5. The van der Waals surface area contributed by atoms with Crippen LogP contribution in [0.3, 0.4) is 0 Å². The lowest BCUT2D eigenvalue weighted by Crippen LogP contribution is -2.57. The number of hydrazine groups is 1. The number of carboxylic acid groups (broad SMARTS) is 1. The monoisotopic (exact) mass is 422 g/mol. The van der Waals surface area contributed by atoms with Crippen LogP contribution in [-0.2, 0) is 30.3 Å². The number of rotatable bonds is 6. The van der Waals surface area contributed by atoms with Gasteiger partial charge >= 0.3 is 18.0 Å². The highest BCUT2D eigenvalue weighted by Gasteiger charge is 2.26. The molecule has 11 heteroatoms. The number of carbonyl (C=O) groups excluding carboxylic acids is 4. The first-order chi connectivity index (χ1) is 13.9. The second-order valence-corrected chi connectivity index (χ2v) is 7.37. The molecule has 0 aliphatic carbocycles. The first-order valence-electron chi connectivity index (χ1n) is 9.06. The van der Waals surface area contributed by atoms with Crippen LogP contribution < -0.4 is 21.5 Å². The minimum absolute atomic E-state index is 0.00667. The minimum atomic E-state index is -1.75. The van der Waals surface area contributed by atoms with Crippen LogP contribution in [0.25, 0.3) is 0 Å². The number of carboxylic acids is 1. The van der Waals surface area contributed by atoms with Crippen molar-refractivity contribution >= 4 is 29.8 Å². The van der Waals surface area contributed by atoms with Crippen molar-refractivity contribution in [1.82, 2.24) is 21.5 Å². The molecule has 0 spiro atoms. The fourth-order valence-corrected chi connectivity index (χ4v) is 2.15. The van der Waals surface area contributed by atoms with Gasteiger partial charge < -0.3 is 20.5 Å². The molecule has 30 heavy (non-hydrogen) atoms. The first kappa shape index (κ1) is 24.4. The number of benzene rings is 1. The van der Waals surface area contributed by atoms with Gasteiger partial charge in [-0.25, -0.2) is 9.59 Å². The van der Waals surface area contributed by atoms with Crippen LogP contribution in [0.1, 0.15) is 33.3 Å². The first-order valence-corrected chi connectivity index (χ1v) is 9.06. The van der Waals surface area contributed by atoms with E-state index in [9.17, 15) is 24.0 Å². The third kappa shape index (κ3) is 9.04. The Kier molecular flexibility index (Phi) is 8.78. The summed E-state index contributed by atoms with van der Waals surface area (Å²) in [4.78, 5) is 58.5. The van der Waals surface area contributed by atoms with E-state index in [4.69, 9.17) is 9.84 Å². The quantitative estimate of drug-likeness (QED) is 0.315. The second-order valence-electron chi connectivity index (χ2n) is 7.37. The van der Waals surface area contributed by atoms with Gasteiger partial charge in [0.1, 0.15) is 17.7 Å². The van der Waals surface area contributed by atoms with E-state index in [1.165, 1.54) is 6.92 Å². The lowest BCUT2D eigenvalue weighted by atomic mass is 10.1. The molecule has 1 aromatic rings. The van der Waals surface area contributed by atoms with Crippen molar-refractivity contribution in [3.05, 3.63) is 35.9 Å². The summed E-state index contributed by atoms with van der Waals surface area (Å²) in [5.41, 5.74) is 4.14. The molecule has 5 N–H and O–H groups in total. The molecule has 1 rings (SSSR count). The van der Waals surface area contributed by atoms with Gasteiger partial charge in [-0.1, -0.05) is 30.3 Å². The summed E-state index contributed by atoms with van der Waals surface area (Å²) in [6.07, 6.45) is -0.819. The van der Waals surface area contributed by atoms with Gasteiger partial charge in [0.05, 0.1) is 0 Å². The van der Waals surface area contributed by atoms with Crippen LogP contribution in [0.2, 0.25) is 0 Å². The fourth-order valence-electron chi connectivity index (χ4n) is 2.15. The average molecular weight is 422 g/mol. The van der Waals surface area contributed by atoms with Gasteiger partial charge in [-0.3, -0.25) is 25.2 Å². The van der Waals surface area contributed by atoms with E-state index in [2.05, 4.69) is 21.5 Å². The molecule has 1 aromatic carbocycles. The average Bonchev–Trinajstić information content (AvgIpc) is 2.64. The van der Waals surface area contributed by atoms with Gasteiger partial charge in [0, 0.05) is 6.42 Å². The van der Waals surface area contributed by atoms with Crippen molar-refractivity contribution in [3.63, 3.8) is 0 Å². The molecule has 0 bridgehead atoms. The van der Waals surface area contributed by atoms with Gasteiger partial charge in [0.2, 0.25) is 0 Å². The molecule has 0 aliphatic heterocycles. The molecule has 0 aliphatic rings.